The molecule has 0 saturated carbocycles. The van der Waals surface area contributed by atoms with Crippen LogP contribution in [0.2, 0.25) is 0 Å². The molecule has 4 aliphatic rings. The van der Waals surface area contributed by atoms with Crippen LogP contribution in [0, 0.1) is 17.7 Å². The molecule has 1 N–H and O–H groups in total. The minimum atomic E-state index is -0.600. The molecule has 0 spiro atoms. The molecular weight excluding hydrogens is 760 g/mol. The number of anilines is 2. The van der Waals surface area contributed by atoms with Crippen LogP contribution in [-0.2, 0) is 20.1 Å². The average Bonchev–Trinajstić information content (AvgIpc) is 3.62. The van der Waals surface area contributed by atoms with Gasteiger partial charge in [0.2, 0.25) is 5.91 Å². The summed E-state index contributed by atoms with van der Waals surface area (Å²) in [6.07, 6.45) is 10.3. The Labute approximate surface area is 343 Å². The number of hydrogen-bond acceptors (Lipinski definition) is 11. The first-order valence-corrected chi connectivity index (χ1v) is 22.2. The second-order valence-corrected chi connectivity index (χ2v) is 18.1. The van der Waals surface area contributed by atoms with Crippen molar-refractivity contribution in [2.75, 3.05) is 75.4 Å². The van der Waals surface area contributed by atoms with Crippen molar-refractivity contribution in [3.63, 3.8) is 0 Å². The van der Waals surface area contributed by atoms with E-state index in [1.165, 1.54) is 13.0 Å². The molecule has 4 aromatic rings. The molecule has 1 aromatic carbocycles. The second kappa shape index (κ2) is 18.1. The smallest absolute Gasteiger partial charge is 0.261 e. The Balaban J connectivity index is 0.769. The average molecular weight is 817 g/mol. The van der Waals surface area contributed by atoms with Gasteiger partial charge in [-0.3, -0.25) is 33.5 Å². The van der Waals surface area contributed by atoms with Gasteiger partial charge in [0.15, 0.2) is 0 Å². The third-order valence-corrected chi connectivity index (χ3v) is 14.0. The van der Waals surface area contributed by atoms with Gasteiger partial charge in [0.1, 0.15) is 40.0 Å². The topological polar surface area (TPSA) is 129 Å². The van der Waals surface area contributed by atoms with Gasteiger partial charge in [-0.25, -0.2) is 14.4 Å². The Hall–Kier alpha value is -4.05. The lowest BCUT2D eigenvalue weighted by atomic mass is 9.92. The molecule has 0 atom stereocenters. The summed E-state index contributed by atoms with van der Waals surface area (Å²) in [7, 11) is 0. The molecule has 4 aliphatic heterocycles. The Morgan fingerprint density at radius 1 is 1.02 bits per heavy atom. The largest absolute Gasteiger partial charge is 0.493 e. The highest BCUT2D eigenvalue weighted by Gasteiger charge is 2.38. The van der Waals surface area contributed by atoms with E-state index < -0.39 is 11.4 Å². The fourth-order valence-corrected chi connectivity index (χ4v) is 10.00. The number of fused-ring (bicyclic) bond motifs is 2. The van der Waals surface area contributed by atoms with Crippen molar-refractivity contribution in [2.24, 2.45) is 11.8 Å². The van der Waals surface area contributed by atoms with E-state index in [4.69, 9.17) is 9.47 Å². The molecule has 0 bridgehead atoms. The second-order valence-electron chi connectivity index (χ2n) is 16.8. The highest BCUT2D eigenvalue weighted by Crippen LogP contribution is 2.31. The third kappa shape index (κ3) is 9.22. The maximum atomic E-state index is 15.1. The van der Waals surface area contributed by atoms with Crippen LogP contribution >= 0.6 is 11.8 Å². The first-order chi connectivity index (χ1) is 28.1. The molecule has 1 amide bonds. The number of thioether (sulfide) groups is 1. The molecule has 312 valence electrons. The van der Waals surface area contributed by atoms with E-state index >= 15 is 4.39 Å². The number of benzene rings is 1. The van der Waals surface area contributed by atoms with Crippen molar-refractivity contribution in [3.05, 3.63) is 58.7 Å². The molecule has 4 saturated heterocycles. The summed E-state index contributed by atoms with van der Waals surface area (Å²) in [5.74, 6) is 2.03. The number of aromatic nitrogens is 4. The van der Waals surface area contributed by atoms with Gasteiger partial charge in [-0.15, -0.1) is 0 Å². The van der Waals surface area contributed by atoms with Crippen molar-refractivity contribution in [2.45, 2.75) is 88.8 Å². The minimum absolute atomic E-state index is 0.0181. The molecule has 0 unspecified atom stereocenters. The lowest BCUT2D eigenvalue weighted by molar-refractivity contribution is -0.121. The van der Waals surface area contributed by atoms with Gasteiger partial charge in [0, 0.05) is 113 Å². The number of carbonyl (C=O) groups is 2. The number of piperidine rings is 2. The molecule has 4 fully saturated rings. The number of aromatic amines is 1. The van der Waals surface area contributed by atoms with Crippen LogP contribution in [0.1, 0.15) is 71.5 Å². The first-order valence-electron chi connectivity index (χ1n) is 21.1. The monoisotopic (exact) mass is 816 g/mol. The number of halogens is 1. The van der Waals surface area contributed by atoms with Crippen LogP contribution in [0.5, 0.6) is 5.75 Å². The Kier molecular flexibility index (Phi) is 12.7. The quantitative estimate of drug-likeness (QED) is 0.173. The zero-order valence-electron chi connectivity index (χ0n) is 34.0. The molecular formula is C43H57FN8O5S. The number of pyridine rings is 1. The number of nitrogens with one attached hydrogen (secondary N) is 1. The van der Waals surface area contributed by atoms with Crippen LogP contribution in [0.3, 0.4) is 0 Å². The minimum Gasteiger partial charge on any atom is -0.493 e. The number of hydrogen-bond donors (Lipinski definition) is 1. The summed E-state index contributed by atoms with van der Waals surface area (Å²) < 4.78 is 28.6. The predicted molar refractivity (Wildman–Crippen MR) is 226 cm³/mol. The van der Waals surface area contributed by atoms with Gasteiger partial charge in [0.25, 0.3) is 5.56 Å². The summed E-state index contributed by atoms with van der Waals surface area (Å²) in [5, 5.41) is 0.456. The number of ether oxygens (including phenoxy) is 2. The number of nitrogens with zero attached hydrogens (tertiary/aromatic N) is 7. The SMILES string of the molecule is CC(=O)N(CCC(=O)C(C)C)c1cnc2cc(N3CCC(N4CC(N5CCC(COc6cc(F)c7c(=O)[nH]c(CSC8CCOCC8)nc7c6)CC5)C4)CC3)ccn12. The van der Waals surface area contributed by atoms with E-state index in [0.29, 0.717) is 71.5 Å². The summed E-state index contributed by atoms with van der Waals surface area (Å²) in [6.45, 7) is 14.0. The van der Waals surface area contributed by atoms with E-state index in [1.54, 1.807) is 28.9 Å². The Bertz CT molecular complexity index is 2130. The highest BCUT2D eigenvalue weighted by molar-refractivity contribution is 7.99. The summed E-state index contributed by atoms with van der Waals surface area (Å²) in [6, 6.07) is 8.41. The molecule has 7 heterocycles. The molecule has 0 aliphatic carbocycles. The number of imidazole rings is 1. The molecule has 15 heteroatoms. The highest BCUT2D eigenvalue weighted by atomic mass is 32.2. The number of carbonyl (C=O) groups excluding carboxylic acids is 2. The zero-order chi connectivity index (χ0) is 40.3. The van der Waals surface area contributed by atoms with Gasteiger partial charge >= 0.3 is 0 Å². The number of rotatable bonds is 14. The number of H-pyrrole nitrogens is 1. The fraction of sp³-hybridized carbons (Fsp3) is 0.605. The number of likely N-dealkylation sites (tertiary alicyclic amines) is 2. The van der Waals surface area contributed by atoms with Gasteiger partial charge in [-0.2, -0.15) is 11.8 Å². The van der Waals surface area contributed by atoms with Crippen LogP contribution in [0.15, 0.2) is 41.5 Å². The van der Waals surface area contributed by atoms with Crippen molar-refractivity contribution < 1.29 is 23.5 Å². The van der Waals surface area contributed by atoms with Crippen molar-refractivity contribution in [3.8, 4) is 5.75 Å². The molecule has 0 radical (unpaired) electrons. The lowest BCUT2D eigenvalue weighted by Gasteiger charge is -2.52. The number of ketones is 1. The zero-order valence-corrected chi connectivity index (χ0v) is 34.9. The van der Waals surface area contributed by atoms with Gasteiger partial charge < -0.3 is 19.4 Å². The van der Waals surface area contributed by atoms with E-state index in [1.807, 2.05) is 24.4 Å². The lowest BCUT2D eigenvalue weighted by Crippen LogP contribution is -2.64. The predicted octanol–water partition coefficient (Wildman–Crippen LogP) is 5.53. The molecule has 58 heavy (non-hydrogen) atoms. The molecule has 3 aromatic heterocycles. The molecule has 8 rings (SSSR count). The van der Waals surface area contributed by atoms with Crippen LogP contribution in [0.25, 0.3) is 16.6 Å². The van der Waals surface area contributed by atoms with Crippen molar-refractivity contribution in [1.82, 2.24) is 29.2 Å². The Morgan fingerprint density at radius 3 is 2.50 bits per heavy atom. The summed E-state index contributed by atoms with van der Waals surface area (Å²) in [4.78, 5) is 58.9. The van der Waals surface area contributed by atoms with Crippen molar-refractivity contribution >= 4 is 51.5 Å². The summed E-state index contributed by atoms with van der Waals surface area (Å²) in [5.41, 5.74) is 1.83. The fourth-order valence-electron chi connectivity index (χ4n) is 8.94. The van der Waals surface area contributed by atoms with Crippen molar-refractivity contribution in [1.29, 1.82) is 0 Å². The van der Waals surface area contributed by atoms with E-state index in [9.17, 15) is 14.4 Å². The van der Waals surface area contributed by atoms with Crippen LogP contribution < -0.4 is 20.1 Å². The maximum Gasteiger partial charge on any atom is 0.261 e. The third-order valence-electron chi connectivity index (χ3n) is 12.7. The van der Waals surface area contributed by atoms with E-state index in [0.717, 1.165) is 102 Å². The number of Topliss-reactive ketones (excluding diaryl/α,β-unsaturated/α-hetero) is 1. The summed E-state index contributed by atoms with van der Waals surface area (Å²) >= 11 is 1.76. The first kappa shape index (κ1) is 40.7. The van der Waals surface area contributed by atoms with Crippen LogP contribution in [-0.4, -0.2) is 124 Å². The van der Waals surface area contributed by atoms with E-state index in [-0.39, 0.29) is 23.0 Å². The van der Waals surface area contributed by atoms with Crippen LogP contribution in [0.4, 0.5) is 15.9 Å². The molecule has 13 nitrogen and oxygen atoms in total. The Morgan fingerprint density at radius 2 is 1.78 bits per heavy atom. The van der Waals surface area contributed by atoms with Gasteiger partial charge in [-0.05, 0) is 63.6 Å². The standard InChI is InChI=1S/C43H57FN8O5S/c1-28(2)38(54)9-17-51(29(3)53)41-23-45-40-20-32(8-16-52(40)41)48-14-6-31(7-15-48)50-24-33(25-50)49-12-4-30(5-13-49)26-57-34-21-36(44)42-37(22-34)46-39(47-43(42)55)27-58-35-10-18-56-19-11-35/h8,16,20-23,28,30-31,33,35H,4-7,9-15,17-19,24-27H2,1-3H3,(H,46,47,55). The van der Waals surface area contributed by atoms with Gasteiger partial charge in [0.05, 0.1) is 24.1 Å². The maximum absolute atomic E-state index is 15.1. The van der Waals surface area contributed by atoms with E-state index in [2.05, 4.69) is 41.8 Å². The van der Waals surface area contributed by atoms with Gasteiger partial charge in [-0.1, -0.05) is 13.8 Å². The normalized spacial score (nSPS) is 19.6. The number of amides is 1.